The molecule has 0 aliphatic rings. The summed E-state index contributed by atoms with van der Waals surface area (Å²) in [6, 6.07) is 0. The molecule has 2 N–H and O–H groups in total. The Balaban J connectivity index is 4.98. The third-order valence-corrected chi connectivity index (χ3v) is 6.44. The molecule has 0 fully saturated rings. The minimum atomic E-state index is -4.20. The van der Waals surface area contributed by atoms with Gasteiger partial charge in [-0.25, -0.2) is 0 Å². The maximum atomic E-state index is 12.1. The second-order valence-corrected chi connectivity index (χ2v) is 10.4. The van der Waals surface area contributed by atoms with Gasteiger partial charge in [-0.1, -0.05) is 46.6 Å². The molecule has 0 aromatic rings. The van der Waals surface area contributed by atoms with E-state index in [4.69, 9.17) is 0 Å². The van der Waals surface area contributed by atoms with E-state index in [-0.39, 0.29) is 0 Å². The van der Waals surface area contributed by atoms with E-state index in [1.165, 1.54) is 22.3 Å². The molecule has 0 saturated carbocycles. The van der Waals surface area contributed by atoms with Crippen molar-refractivity contribution < 1.29 is 14.4 Å². The summed E-state index contributed by atoms with van der Waals surface area (Å²) in [5, 5.41) is -1.04. The Labute approximate surface area is 161 Å². The first-order chi connectivity index (χ1) is 11.9. The van der Waals surface area contributed by atoms with E-state index in [2.05, 4.69) is 39.8 Å². The molecule has 3 nitrogen and oxygen atoms in total. The molecule has 0 atom stereocenters. The molecular weight excluding hydrogens is 343 g/mol. The van der Waals surface area contributed by atoms with E-state index in [1.54, 1.807) is 6.92 Å². The predicted octanol–water partition coefficient (Wildman–Crippen LogP) is 7.09. The summed E-state index contributed by atoms with van der Waals surface area (Å²) in [5.41, 5.74) is 4.97. The zero-order chi connectivity index (χ0) is 20.4. The van der Waals surface area contributed by atoms with E-state index in [9.17, 15) is 14.4 Å². The van der Waals surface area contributed by atoms with Gasteiger partial charge in [-0.2, -0.15) is 0 Å². The normalized spacial score (nSPS) is 15.4. The van der Waals surface area contributed by atoms with Gasteiger partial charge in [-0.15, -0.1) is 0 Å². The first-order valence-electron chi connectivity index (χ1n) is 9.51. The Morgan fingerprint density at radius 1 is 0.769 bits per heavy atom. The summed E-state index contributed by atoms with van der Waals surface area (Å²) in [6.07, 6.45) is 13.0. The van der Waals surface area contributed by atoms with Crippen molar-refractivity contribution in [1.82, 2.24) is 0 Å². The summed E-state index contributed by atoms with van der Waals surface area (Å²) >= 11 is 0. The summed E-state index contributed by atoms with van der Waals surface area (Å²) in [5.74, 6) is 0. The lowest BCUT2D eigenvalue weighted by Crippen LogP contribution is -2.23. The van der Waals surface area contributed by atoms with Crippen molar-refractivity contribution in [2.45, 2.75) is 92.1 Å². The molecule has 0 aromatic carbocycles. The molecule has 0 radical (unpaired) electrons. The SMILES string of the molecule is CC(C)=CCC/C(C)=C/CC(C)(C/C=C(\C)CCC=C(C)C)P(=O)(O)O. The van der Waals surface area contributed by atoms with Crippen LogP contribution in [0.25, 0.3) is 0 Å². The lowest BCUT2D eigenvalue weighted by molar-refractivity contribution is 0.329. The molecule has 0 aliphatic carbocycles. The second kappa shape index (κ2) is 11.7. The third kappa shape index (κ3) is 11.0. The molecule has 0 aliphatic heterocycles. The number of hydrogen-bond donors (Lipinski definition) is 2. The molecule has 0 amide bonds. The summed E-state index contributed by atoms with van der Waals surface area (Å²) in [7, 11) is -4.20. The highest BCUT2D eigenvalue weighted by Crippen LogP contribution is 2.55. The summed E-state index contributed by atoms with van der Waals surface area (Å²) < 4.78 is 12.1. The van der Waals surface area contributed by atoms with Crippen molar-refractivity contribution in [2.24, 2.45) is 0 Å². The van der Waals surface area contributed by atoms with Crippen LogP contribution in [0.3, 0.4) is 0 Å². The molecule has 0 spiro atoms. The van der Waals surface area contributed by atoms with Gasteiger partial charge in [-0.05, 0) is 87.0 Å². The van der Waals surface area contributed by atoms with Crippen molar-refractivity contribution in [1.29, 1.82) is 0 Å². The van der Waals surface area contributed by atoms with Gasteiger partial charge in [0, 0.05) is 0 Å². The highest BCUT2D eigenvalue weighted by molar-refractivity contribution is 7.53. The largest absolute Gasteiger partial charge is 0.331 e. The van der Waals surface area contributed by atoms with Crippen LogP contribution in [0.1, 0.15) is 87.0 Å². The summed E-state index contributed by atoms with van der Waals surface area (Å²) in [6.45, 7) is 14.1. The number of allylic oxidation sites excluding steroid dienone is 8. The van der Waals surface area contributed by atoms with Crippen molar-refractivity contribution in [3.8, 4) is 0 Å². The van der Waals surface area contributed by atoms with Crippen LogP contribution in [-0.2, 0) is 4.57 Å². The average molecular weight is 383 g/mol. The van der Waals surface area contributed by atoms with Crippen LogP contribution in [0, 0.1) is 0 Å². The molecule has 0 unspecified atom stereocenters. The molecule has 150 valence electrons. The smallest absolute Gasteiger partial charge is 0.324 e. The Bertz CT molecular complexity index is 555. The molecule has 0 aromatic heterocycles. The fourth-order valence-electron chi connectivity index (χ4n) is 2.49. The van der Waals surface area contributed by atoms with Gasteiger partial charge in [0.2, 0.25) is 0 Å². The van der Waals surface area contributed by atoms with Crippen LogP contribution in [0.4, 0.5) is 0 Å². The van der Waals surface area contributed by atoms with Gasteiger partial charge in [0.15, 0.2) is 0 Å². The fourth-order valence-corrected chi connectivity index (χ4v) is 3.15. The molecule has 26 heavy (non-hydrogen) atoms. The predicted molar refractivity (Wildman–Crippen MR) is 115 cm³/mol. The van der Waals surface area contributed by atoms with Crippen LogP contribution < -0.4 is 0 Å². The minimum Gasteiger partial charge on any atom is -0.324 e. The van der Waals surface area contributed by atoms with E-state index >= 15 is 0 Å². The van der Waals surface area contributed by atoms with Crippen molar-refractivity contribution in [2.75, 3.05) is 0 Å². The molecule has 0 rings (SSSR count). The maximum absolute atomic E-state index is 12.1. The van der Waals surface area contributed by atoms with Crippen LogP contribution in [0.5, 0.6) is 0 Å². The topological polar surface area (TPSA) is 57.5 Å². The quantitative estimate of drug-likeness (QED) is 0.296. The van der Waals surface area contributed by atoms with E-state index < -0.39 is 12.8 Å². The van der Waals surface area contributed by atoms with Gasteiger partial charge < -0.3 is 9.79 Å². The molecule has 0 saturated heterocycles. The third-order valence-electron chi connectivity index (χ3n) is 4.67. The lowest BCUT2D eigenvalue weighted by atomic mass is 9.97. The molecule has 0 heterocycles. The zero-order valence-corrected chi connectivity index (χ0v) is 18.7. The first kappa shape index (κ1) is 25.1. The van der Waals surface area contributed by atoms with E-state index in [0.29, 0.717) is 12.8 Å². The van der Waals surface area contributed by atoms with Gasteiger partial charge in [0.1, 0.15) is 0 Å². The van der Waals surface area contributed by atoms with E-state index in [0.717, 1.165) is 25.7 Å². The number of rotatable bonds is 11. The highest BCUT2D eigenvalue weighted by atomic mass is 31.2. The van der Waals surface area contributed by atoms with Crippen LogP contribution in [0.2, 0.25) is 0 Å². The molecule has 4 heteroatoms. The molecule has 0 bridgehead atoms. The van der Waals surface area contributed by atoms with Gasteiger partial charge >= 0.3 is 7.60 Å². The molecular formula is C22H39O3P. The number of hydrogen-bond acceptors (Lipinski definition) is 1. The van der Waals surface area contributed by atoms with Crippen LogP contribution >= 0.6 is 7.60 Å². The van der Waals surface area contributed by atoms with Crippen LogP contribution in [0.15, 0.2) is 46.6 Å². The second-order valence-electron chi connectivity index (χ2n) is 8.19. The van der Waals surface area contributed by atoms with Gasteiger partial charge in [-0.3, -0.25) is 4.57 Å². The summed E-state index contributed by atoms with van der Waals surface area (Å²) in [4.78, 5) is 19.8. The highest BCUT2D eigenvalue weighted by Gasteiger charge is 2.40. The van der Waals surface area contributed by atoms with Crippen molar-refractivity contribution >= 4 is 7.60 Å². The first-order valence-corrected chi connectivity index (χ1v) is 11.1. The van der Waals surface area contributed by atoms with Gasteiger partial charge in [0.05, 0.1) is 5.16 Å². The Morgan fingerprint density at radius 2 is 1.12 bits per heavy atom. The average Bonchev–Trinajstić information content (AvgIpc) is 2.49. The Kier molecular flexibility index (Phi) is 11.3. The van der Waals surface area contributed by atoms with Crippen LogP contribution in [-0.4, -0.2) is 14.9 Å². The maximum Gasteiger partial charge on any atom is 0.331 e. The van der Waals surface area contributed by atoms with Crippen molar-refractivity contribution in [3.63, 3.8) is 0 Å². The van der Waals surface area contributed by atoms with Gasteiger partial charge in [0.25, 0.3) is 0 Å². The standard InChI is InChI=1S/C22H39O3P/c1-18(2)10-8-12-20(5)14-16-22(7,26(23,24)25)17-15-21(6)13-9-11-19(3)4/h10-11,14-15H,8-9,12-13,16-17H2,1-7H3,(H2,23,24,25)/b20-14+,21-15+. The monoisotopic (exact) mass is 382 g/mol. The van der Waals surface area contributed by atoms with Crippen molar-refractivity contribution in [3.05, 3.63) is 46.6 Å². The van der Waals surface area contributed by atoms with E-state index in [1.807, 2.05) is 26.0 Å². The Hall–Kier alpha value is -0.890. The Morgan fingerprint density at radius 3 is 1.38 bits per heavy atom. The fraction of sp³-hybridized carbons (Fsp3) is 0.636. The minimum absolute atomic E-state index is 0.398. The lowest BCUT2D eigenvalue weighted by Gasteiger charge is -2.28. The zero-order valence-electron chi connectivity index (χ0n) is 17.8.